The zero-order valence-electron chi connectivity index (χ0n) is 17.7. The molecule has 0 aromatic heterocycles. The molecule has 0 aromatic carbocycles. The SMILES string of the molecule is CCN[C@H](C(C)=O)C(C)C.CN[C@@H](CC(C)C)C(=O)C[C@@H](C)C(C)=O. The Morgan fingerprint density at radius 2 is 1.44 bits per heavy atom. The number of Topliss-reactive ketones (excluding diaryl/α,β-unsaturated/α-hetero) is 3. The minimum Gasteiger partial charge on any atom is -0.311 e. The van der Waals surface area contributed by atoms with Crippen molar-refractivity contribution in [3.8, 4) is 0 Å². The van der Waals surface area contributed by atoms with Crippen LogP contribution in [0.25, 0.3) is 0 Å². The zero-order chi connectivity index (χ0) is 20.2. The summed E-state index contributed by atoms with van der Waals surface area (Å²) in [6, 6.07) is -0.0585. The first-order valence-corrected chi connectivity index (χ1v) is 9.41. The van der Waals surface area contributed by atoms with Crippen LogP contribution < -0.4 is 10.6 Å². The highest BCUT2D eigenvalue weighted by atomic mass is 16.1. The number of nitrogens with one attached hydrogen (secondary N) is 2. The summed E-state index contributed by atoms with van der Waals surface area (Å²) in [5.74, 6) is 1.20. The van der Waals surface area contributed by atoms with Crippen molar-refractivity contribution in [1.29, 1.82) is 0 Å². The van der Waals surface area contributed by atoms with Gasteiger partial charge in [-0.15, -0.1) is 0 Å². The molecule has 0 amide bonds. The van der Waals surface area contributed by atoms with Gasteiger partial charge in [-0.05, 0) is 45.7 Å². The van der Waals surface area contributed by atoms with E-state index in [1.165, 1.54) is 6.92 Å². The number of hydrogen-bond acceptors (Lipinski definition) is 5. The van der Waals surface area contributed by atoms with E-state index in [1.807, 2.05) is 13.8 Å². The van der Waals surface area contributed by atoms with Gasteiger partial charge >= 0.3 is 0 Å². The van der Waals surface area contributed by atoms with Gasteiger partial charge in [0.15, 0.2) is 0 Å². The third-order valence-corrected chi connectivity index (χ3v) is 4.17. The molecule has 0 radical (unpaired) electrons. The Morgan fingerprint density at radius 1 is 0.920 bits per heavy atom. The van der Waals surface area contributed by atoms with Crippen molar-refractivity contribution in [1.82, 2.24) is 10.6 Å². The predicted molar refractivity (Wildman–Crippen MR) is 105 cm³/mol. The summed E-state index contributed by atoms with van der Waals surface area (Å²) in [5.41, 5.74) is 0. The average Bonchev–Trinajstić information content (AvgIpc) is 2.49. The first kappa shape index (κ1) is 26.2. The van der Waals surface area contributed by atoms with Gasteiger partial charge in [0, 0.05) is 12.3 Å². The predicted octanol–water partition coefficient (Wildman–Crippen LogP) is 3.01. The number of rotatable bonds is 11. The van der Waals surface area contributed by atoms with Gasteiger partial charge in [-0.3, -0.25) is 14.4 Å². The van der Waals surface area contributed by atoms with E-state index in [0.717, 1.165) is 13.0 Å². The quantitative estimate of drug-likeness (QED) is 0.595. The summed E-state index contributed by atoms with van der Waals surface area (Å²) in [6.07, 6.45) is 1.19. The van der Waals surface area contributed by atoms with E-state index in [9.17, 15) is 14.4 Å². The van der Waals surface area contributed by atoms with E-state index >= 15 is 0 Å². The lowest BCUT2D eigenvalue weighted by Gasteiger charge is -2.18. The largest absolute Gasteiger partial charge is 0.311 e. The molecule has 5 nitrogen and oxygen atoms in total. The molecule has 0 heterocycles. The molecule has 148 valence electrons. The molecular formula is C20H40N2O3. The molecule has 0 saturated heterocycles. The van der Waals surface area contributed by atoms with Crippen molar-refractivity contribution in [2.24, 2.45) is 17.8 Å². The Labute approximate surface area is 154 Å². The second-order valence-corrected chi connectivity index (χ2v) is 7.54. The first-order chi connectivity index (χ1) is 11.5. The molecule has 0 aliphatic rings. The lowest BCUT2D eigenvalue weighted by atomic mass is 9.93. The second-order valence-electron chi connectivity index (χ2n) is 7.54. The highest BCUT2D eigenvalue weighted by Gasteiger charge is 2.21. The van der Waals surface area contributed by atoms with Crippen molar-refractivity contribution in [3.63, 3.8) is 0 Å². The molecule has 0 fully saturated rings. The Hall–Kier alpha value is -1.07. The van der Waals surface area contributed by atoms with Crippen LogP contribution >= 0.6 is 0 Å². The van der Waals surface area contributed by atoms with E-state index in [0.29, 0.717) is 18.3 Å². The third kappa shape index (κ3) is 12.9. The molecular weight excluding hydrogens is 316 g/mol. The average molecular weight is 357 g/mol. The van der Waals surface area contributed by atoms with E-state index in [-0.39, 0.29) is 35.4 Å². The summed E-state index contributed by atoms with van der Waals surface area (Å²) in [5, 5.41) is 6.15. The maximum absolute atomic E-state index is 11.8. The summed E-state index contributed by atoms with van der Waals surface area (Å²) in [4.78, 5) is 33.8. The maximum atomic E-state index is 11.8. The molecule has 0 bridgehead atoms. The van der Waals surface area contributed by atoms with Gasteiger partial charge in [-0.25, -0.2) is 0 Å². The zero-order valence-corrected chi connectivity index (χ0v) is 17.7. The van der Waals surface area contributed by atoms with Crippen molar-refractivity contribution < 1.29 is 14.4 Å². The van der Waals surface area contributed by atoms with Gasteiger partial charge in [0.25, 0.3) is 0 Å². The number of likely N-dealkylation sites (N-methyl/N-ethyl adjacent to an activating group) is 2. The Kier molecular flexibility index (Phi) is 14.8. The first-order valence-electron chi connectivity index (χ1n) is 9.41. The molecule has 3 atom stereocenters. The smallest absolute Gasteiger partial charge is 0.150 e. The summed E-state index contributed by atoms with van der Waals surface area (Å²) >= 11 is 0. The van der Waals surface area contributed by atoms with Gasteiger partial charge < -0.3 is 10.6 Å². The summed E-state index contributed by atoms with van der Waals surface area (Å²) in [7, 11) is 1.80. The molecule has 0 spiro atoms. The number of ketones is 3. The van der Waals surface area contributed by atoms with Crippen LogP contribution in [0.1, 0.15) is 68.2 Å². The standard InChI is InChI=1S/C12H23NO2.C8H17NO/c1-8(2)6-11(13-5)12(15)7-9(3)10(4)14;1-5-9-8(6(2)3)7(4)10/h8-9,11,13H,6-7H2,1-5H3;6,8-9H,5H2,1-4H3/t9-,11+;8-/m10/s1. The normalized spacial score (nSPS) is 14.5. The molecule has 0 aliphatic carbocycles. The van der Waals surface area contributed by atoms with Crippen molar-refractivity contribution >= 4 is 17.3 Å². The second kappa shape index (κ2) is 14.1. The van der Waals surface area contributed by atoms with Crippen LogP contribution in [-0.4, -0.2) is 43.0 Å². The van der Waals surface area contributed by atoms with Crippen LogP contribution in [0.15, 0.2) is 0 Å². The van der Waals surface area contributed by atoms with Crippen molar-refractivity contribution in [3.05, 3.63) is 0 Å². The number of carbonyl (C=O) groups is 3. The van der Waals surface area contributed by atoms with Gasteiger partial charge in [0.1, 0.15) is 17.3 Å². The van der Waals surface area contributed by atoms with Crippen LogP contribution in [-0.2, 0) is 14.4 Å². The molecule has 0 unspecified atom stereocenters. The fourth-order valence-electron chi connectivity index (χ4n) is 2.54. The summed E-state index contributed by atoms with van der Waals surface area (Å²) < 4.78 is 0. The van der Waals surface area contributed by atoms with Crippen molar-refractivity contribution in [2.45, 2.75) is 80.3 Å². The highest BCUT2D eigenvalue weighted by Crippen LogP contribution is 2.11. The van der Waals surface area contributed by atoms with Gasteiger partial charge in [-0.2, -0.15) is 0 Å². The highest BCUT2D eigenvalue weighted by molar-refractivity contribution is 5.89. The molecule has 0 rings (SSSR count). The lowest BCUT2D eigenvalue weighted by molar-refractivity contribution is -0.127. The molecule has 2 N–H and O–H groups in total. The number of carbonyl (C=O) groups excluding carboxylic acids is 3. The fourth-order valence-corrected chi connectivity index (χ4v) is 2.54. The lowest BCUT2D eigenvalue weighted by Crippen LogP contribution is -2.39. The third-order valence-electron chi connectivity index (χ3n) is 4.17. The topological polar surface area (TPSA) is 75.3 Å². The monoisotopic (exact) mass is 356 g/mol. The Bertz CT molecular complexity index is 406. The molecule has 5 heteroatoms. The van der Waals surface area contributed by atoms with Crippen LogP contribution in [0.4, 0.5) is 0 Å². The van der Waals surface area contributed by atoms with Crippen LogP contribution in [0, 0.1) is 17.8 Å². The minimum absolute atomic E-state index is 0.0463. The van der Waals surface area contributed by atoms with E-state index in [4.69, 9.17) is 0 Å². The van der Waals surface area contributed by atoms with Crippen LogP contribution in [0.3, 0.4) is 0 Å². The molecule has 25 heavy (non-hydrogen) atoms. The van der Waals surface area contributed by atoms with Crippen LogP contribution in [0.2, 0.25) is 0 Å². The van der Waals surface area contributed by atoms with Gasteiger partial charge in [0.05, 0.1) is 12.1 Å². The number of hydrogen-bond donors (Lipinski definition) is 2. The summed E-state index contributed by atoms with van der Waals surface area (Å²) in [6.45, 7) is 16.1. The van der Waals surface area contributed by atoms with E-state index in [1.54, 1.807) is 14.0 Å². The molecule has 0 saturated carbocycles. The van der Waals surface area contributed by atoms with E-state index < -0.39 is 0 Å². The van der Waals surface area contributed by atoms with E-state index in [2.05, 4.69) is 38.3 Å². The van der Waals surface area contributed by atoms with Gasteiger partial charge in [-0.1, -0.05) is 41.5 Å². The van der Waals surface area contributed by atoms with Crippen LogP contribution in [0.5, 0.6) is 0 Å². The maximum Gasteiger partial charge on any atom is 0.150 e. The molecule has 0 aromatic rings. The Balaban J connectivity index is 0. The molecule has 0 aliphatic heterocycles. The van der Waals surface area contributed by atoms with Gasteiger partial charge in [0.2, 0.25) is 0 Å². The minimum atomic E-state index is -0.152. The van der Waals surface area contributed by atoms with Crippen molar-refractivity contribution in [2.75, 3.05) is 13.6 Å². The fraction of sp³-hybridized carbons (Fsp3) is 0.850. The Morgan fingerprint density at radius 3 is 1.68 bits per heavy atom.